The molecule has 1 amide bonds. The fraction of sp³-hybridized carbons (Fsp3) is 0.294. The van der Waals surface area contributed by atoms with Crippen LogP contribution in [0.25, 0.3) is 0 Å². The Labute approximate surface area is 148 Å². The highest BCUT2D eigenvalue weighted by Crippen LogP contribution is 2.21. The van der Waals surface area contributed by atoms with Gasteiger partial charge >= 0.3 is 5.97 Å². The van der Waals surface area contributed by atoms with Gasteiger partial charge in [-0.05, 0) is 37.6 Å². The van der Waals surface area contributed by atoms with E-state index in [9.17, 15) is 9.59 Å². The molecular weight excluding hydrogens is 376 g/mol. The summed E-state index contributed by atoms with van der Waals surface area (Å²) in [6.07, 6.45) is 0. The van der Waals surface area contributed by atoms with Gasteiger partial charge in [-0.15, -0.1) is 0 Å². The van der Waals surface area contributed by atoms with Gasteiger partial charge in [-0.2, -0.15) is 0 Å². The molecule has 1 aromatic heterocycles. The predicted octanol–water partition coefficient (Wildman–Crippen LogP) is 2.63. The maximum Gasteiger partial charge on any atom is 0.341 e. The number of nitrogens with one attached hydrogen (secondary N) is 1. The largest absolute Gasteiger partial charge is 0.465 e. The molecule has 0 saturated heterocycles. The first-order valence-electron chi connectivity index (χ1n) is 7.26. The number of methoxy groups -OCH3 is 1. The first kappa shape index (κ1) is 18.2. The maximum absolute atomic E-state index is 12.4. The Hall–Kier alpha value is -2.12. The molecule has 0 aliphatic heterocycles. The summed E-state index contributed by atoms with van der Waals surface area (Å²) >= 11 is 3.35. The normalized spacial score (nSPS) is 13.2. The van der Waals surface area contributed by atoms with Crippen LogP contribution in [-0.2, 0) is 21.6 Å². The quantitative estimate of drug-likeness (QED) is 0.759. The standard InChI is InChI=1S/C17H19BrN2O4/c1-10-14(15(21)23-3)8-13(24-10)9-20-16(22)17(2,19)11-4-6-12(18)7-5-11/h4-8H,9,19H2,1-3H3,(H,20,22). The summed E-state index contributed by atoms with van der Waals surface area (Å²) in [5.41, 5.74) is 6.01. The number of aryl methyl sites for hydroxylation is 1. The van der Waals surface area contributed by atoms with Crippen LogP contribution in [0.15, 0.2) is 39.2 Å². The second-order valence-corrected chi connectivity index (χ2v) is 6.48. The van der Waals surface area contributed by atoms with Crippen molar-refractivity contribution in [2.45, 2.75) is 25.9 Å². The Morgan fingerprint density at radius 1 is 1.33 bits per heavy atom. The minimum Gasteiger partial charge on any atom is -0.465 e. The molecule has 1 atom stereocenters. The lowest BCUT2D eigenvalue weighted by Gasteiger charge is -2.24. The number of hydrogen-bond acceptors (Lipinski definition) is 5. The van der Waals surface area contributed by atoms with Crippen molar-refractivity contribution in [3.63, 3.8) is 0 Å². The third-order valence-electron chi connectivity index (χ3n) is 3.71. The molecule has 0 spiro atoms. The number of nitrogens with two attached hydrogens (primary N) is 1. The van der Waals surface area contributed by atoms with Crippen LogP contribution in [0.3, 0.4) is 0 Å². The van der Waals surface area contributed by atoms with Crippen LogP contribution in [0.5, 0.6) is 0 Å². The van der Waals surface area contributed by atoms with Crippen molar-refractivity contribution in [2.24, 2.45) is 5.73 Å². The van der Waals surface area contributed by atoms with Crippen LogP contribution in [0.2, 0.25) is 0 Å². The number of esters is 1. The number of ether oxygens (including phenoxy) is 1. The van der Waals surface area contributed by atoms with E-state index in [1.807, 2.05) is 12.1 Å². The number of rotatable bonds is 5. The Morgan fingerprint density at radius 2 is 1.96 bits per heavy atom. The zero-order valence-corrected chi connectivity index (χ0v) is 15.3. The van der Waals surface area contributed by atoms with Crippen LogP contribution in [0, 0.1) is 6.92 Å². The van der Waals surface area contributed by atoms with Crippen molar-refractivity contribution in [2.75, 3.05) is 7.11 Å². The topological polar surface area (TPSA) is 94.6 Å². The van der Waals surface area contributed by atoms with E-state index >= 15 is 0 Å². The molecule has 0 fully saturated rings. The lowest BCUT2D eigenvalue weighted by Crippen LogP contribution is -2.48. The highest BCUT2D eigenvalue weighted by Gasteiger charge is 2.30. The van der Waals surface area contributed by atoms with Crippen molar-refractivity contribution >= 4 is 27.8 Å². The number of furan rings is 1. The second kappa shape index (κ2) is 7.19. The molecule has 0 aliphatic carbocycles. The summed E-state index contributed by atoms with van der Waals surface area (Å²) in [5, 5.41) is 2.73. The van der Waals surface area contributed by atoms with E-state index in [1.54, 1.807) is 32.0 Å². The SMILES string of the molecule is COC(=O)c1cc(CNC(=O)C(C)(N)c2ccc(Br)cc2)oc1C. The summed E-state index contributed by atoms with van der Waals surface area (Å²) in [4.78, 5) is 24.0. The van der Waals surface area contributed by atoms with E-state index < -0.39 is 11.5 Å². The van der Waals surface area contributed by atoms with E-state index in [1.165, 1.54) is 7.11 Å². The van der Waals surface area contributed by atoms with Gasteiger partial charge in [0.2, 0.25) is 5.91 Å². The first-order valence-corrected chi connectivity index (χ1v) is 8.06. The van der Waals surface area contributed by atoms with Crippen LogP contribution in [0.1, 0.15) is 34.4 Å². The molecule has 2 rings (SSSR count). The van der Waals surface area contributed by atoms with E-state index in [2.05, 4.69) is 26.0 Å². The Morgan fingerprint density at radius 3 is 2.54 bits per heavy atom. The minimum absolute atomic E-state index is 0.125. The molecule has 3 N–H and O–H groups in total. The maximum atomic E-state index is 12.4. The van der Waals surface area contributed by atoms with Gasteiger partial charge in [0.15, 0.2) is 0 Å². The smallest absolute Gasteiger partial charge is 0.341 e. The highest BCUT2D eigenvalue weighted by molar-refractivity contribution is 9.10. The highest BCUT2D eigenvalue weighted by atomic mass is 79.9. The van der Waals surface area contributed by atoms with Gasteiger partial charge in [0, 0.05) is 4.47 Å². The van der Waals surface area contributed by atoms with E-state index in [0.717, 1.165) is 4.47 Å². The van der Waals surface area contributed by atoms with Crippen LogP contribution in [0.4, 0.5) is 0 Å². The van der Waals surface area contributed by atoms with Gasteiger partial charge in [-0.25, -0.2) is 4.79 Å². The molecule has 1 heterocycles. The molecule has 6 nitrogen and oxygen atoms in total. The van der Waals surface area contributed by atoms with Crippen molar-refractivity contribution in [1.29, 1.82) is 0 Å². The average Bonchev–Trinajstić information content (AvgIpc) is 2.93. The summed E-state index contributed by atoms with van der Waals surface area (Å²) in [5.74, 6) is 0.0632. The number of carbonyl (C=O) groups excluding carboxylic acids is 2. The van der Waals surface area contributed by atoms with Crippen LogP contribution >= 0.6 is 15.9 Å². The summed E-state index contributed by atoms with van der Waals surface area (Å²) < 4.78 is 11.0. The monoisotopic (exact) mass is 394 g/mol. The summed E-state index contributed by atoms with van der Waals surface area (Å²) in [6.45, 7) is 3.42. The predicted molar refractivity (Wildman–Crippen MR) is 92.3 cm³/mol. The molecule has 2 aromatic rings. The van der Waals surface area contributed by atoms with E-state index in [0.29, 0.717) is 22.6 Å². The third kappa shape index (κ3) is 3.85. The average molecular weight is 395 g/mol. The summed E-state index contributed by atoms with van der Waals surface area (Å²) in [6, 6.07) is 8.78. The molecule has 7 heteroatoms. The Bertz CT molecular complexity index is 750. The molecule has 128 valence electrons. The van der Waals surface area contributed by atoms with Gasteiger partial charge in [0.1, 0.15) is 22.6 Å². The number of carbonyl (C=O) groups is 2. The Balaban J connectivity index is 2.07. The molecule has 24 heavy (non-hydrogen) atoms. The Kier molecular flexibility index (Phi) is 5.46. The zero-order valence-electron chi connectivity index (χ0n) is 13.7. The van der Waals surface area contributed by atoms with Gasteiger partial charge in [-0.1, -0.05) is 28.1 Å². The minimum atomic E-state index is -1.19. The lowest BCUT2D eigenvalue weighted by molar-refractivity contribution is -0.126. The van der Waals surface area contributed by atoms with Gasteiger partial charge < -0.3 is 20.2 Å². The molecule has 1 unspecified atom stereocenters. The number of benzene rings is 1. The first-order chi connectivity index (χ1) is 11.3. The molecule has 0 aliphatic rings. The van der Waals surface area contributed by atoms with Gasteiger partial charge in [-0.3, -0.25) is 4.79 Å². The van der Waals surface area contributed by atoms with Crippen molar-refractivity contribution in [3.8, 4) is 0 Å². The van der Waals surface area contributed by atoms with Gasteiger partial charge in [0.05, 0.1) is 13.7 Å². The lowest BCUT2D eigenvalue weighted by atomic mass is 9.92. The van der Waals surface area contributed by atoms with Crippen molar-refractivity contribution in [1.82, 2.24) is 5.32 Å². The molecular formula is C17H19BrN2O4. The number of hydrogen-bond donors (Lipinski definition) is 2. The van der Waals surface area contributed by atoms with E-state index in [-0.39, 0.29) is 12.5 Å². The van der Waals surface area contributed by atoms with Gasteiger partial charge in [0.25, 0.3) is 0 Å². The number of halogens is 1. The summed E-state index contributed by atoms with van der Waals surface area (Å²) in [7, 11) is 1.30. The fourth-order valence-corrected chi connectivity index (χ4v) is 2.49. The van der Waals surface area contributed by atoms with Crippen LogP contribution < -0.4 is 11.1 Å². The molecule has 0 radical (unpaired) electrons. The fourth-order valence-electron chi connectivity index (χ4n) is 2.22. The second-order valence-electron chi connectivity index (χ2n) is 5.57. The zero-order chi connectivity index (χ0) is 17.9. The third-order valence-corrected chi connectivity index (χ3v) is 4.24. The molecule has 0 saturated carbocycles. The molecule has 0 bridgehead atoms. The van der Waals surface area contributed by atoms with E-state index in [4.69, 9.17) is 10.2 Å². The van der Waals surface area contributed by atoms with Crippen molar-refractivity contribution in [3.05, 3.63) is 57.5 Å². The van der Waals surface area contributed by atoms with Crippen molar-refractivity contribution < 1.29 is 18.7 Å². The van der Waals surface area contributed by atoms with Crippen LogP contribution in [-0.4, -0.2) is 19.0 Å². The molecule has 1 aromatic carbocycles. The number of amides is 1.